The van der Waals surface area contributed by atoms with E-state index in [1.165, 1.54) is 5.56 Å². The highest BCUT2D eigenvalue weighted by molar-refractivity contribution is 6.12. The van der Waals surface area contributed by atoms with E-state index in [2.05, 4.69) is 30.4 Å². The van der Waals surface area contributed by atoms with Gasteiger partial charge in [0.15, 0.2) is 11.5 Å². The summed E-state index contributed by atoms with van der Waals surface area (Å²) in [5.74, 6) is 1.77. The van der Waals surface area contributed by atoms with Gasteiger partial charge in [0.1, 0.15) is 0 Å². The molecular formula is C22H27N3O2. The van der Waals surface area contributed by atoms with E-state index in [0.29, 0.717) is 11.7 Å². The van der Waals surface area contributed by atoms with Crippen LogP contribution >= 0.6 is 0 Å². The summed E-state index contributed by atoms with van der Waals surface area (Å²) in [6, 6.07) is 12.1. The maximum Gasteiger partial charge on any atom is 0.161 e. The summed E-state index contributed by atoms with van der Waals surface area (Å²) in [7, 11) is 3.32. The highest BCUT2D eigenvalue weighted by atomic mass is 16.5. The number of allylic oxidation sites excluding steroid dienone is 1. The van der Waals surface area contributed by atoms with Crippen LogP contribution in [0.2, 0.25) is 0 Å². The second-order valence-corrected chi connectivity index (χ2v) is 6.72. The first-order chi connectivity index (χ1) is 13.1. The Morgan fingerprint density at radius 1 is 1.07 bits per heavy atom. The lowest BCUT2D eigenvalue weighted by atomic mass is 9.85. The molecule has 0 spiro atoms. The highest BCUT2D eigenvalue weighted by Gasteiger charge is 2.26. The van der Waals surface area contributed by atoms with Gasteiger partial charge in [-0.3, -0.25) is 0 Å². The molecule has 0 fully saturated rings. The molecule has 5 nitrogen and oxygen atoms in total. The number of anilines is 1. The topological polar surface area (TPSA) is 68.9 Å². The number of fused-ring (bicyclic) bond motifs is 1. The Morgan fingerprint density at radius 2 is 1.74 bits per heavy atom. The fourth-order valence-electron chi connectivity index (χ4n) is 3.50. The van der Waals surface area contributed by atoms with Crippen molar-refractivity contribution in [1.82, 2.24) is 5.43 Å². The van der Waals surface area contributed by atoms with Gasteiger partial charge in [-0.25, -0.2) is 0 Å². The number of hydrazone groups is 1. The Balaban J connectivity index is 2.08. The predicted molar refractivity (Wildman–Crippen MR) is 112 cm³/mol. The van der Waals surface area contributed by atoms with Gasteiger partial charge in [0.2, 0.25) is 0 Å². The average Bonchev–Trinajstić information content (AvgIpc) is 2.82. The maximum absolute atomic E-state index is 5.77. The molecule has 0 bridgehead atoms. The van der Waals surface area contributed by atoms with Gasteiger partial charge in [-0.15, -0.1) is 0 Å². The highest BCUT2D eigenvalue weighted by Crippen LogP contribution is 2.38. The van der Waals surface area contributed by atoms with Crippen LogP contribution in [0.4, 0.5) is 5.69 Å². The number of hydrogen-bond donors (Lipinski definition) is 2. The van der Waals surface area contributed by atoms with Crippen molar-refractivity contribution in [3.8, 4) is 11.5 Å². The van der Waals surface area contributed by atoms with Crippen LogP contribution in [0.25, 0.3) is 6.08 Å². The van der Waals surface area contributed by atoms with E-state index >= 15 is 0 Å². The minimum Gasteiger partial charge on any atom is -0.493 e. The van der Waals surface area contributed by atoms with E-state index in [4.69, 9.17) is 15.2 Å². The number of nitrogen functional groups attached to an aromatic ring is 1. The van der Waals surface area contributed by atoms with Crippen LogP contribution in [0.3, 0.4) is 0 Å². The van der Waals surface area contributed by atoms with Crippen molar-refractivity contribution >= 4 is 17.5 Å². The normalized spacial score (nSPS) is 19.0. The monoisotopic (exact) mass is 365 g/mol. The van der Waals surface area contributed by atoms with Crippen molar-refractivity contribution in [3.63, 3.8) is 0 Å². The Labute approximate surface area is 160 Å². The third kappa shape index (κ3) is 3.92. The molecule has 0 aliphatic carbocycles. The molecule has 1 heterocycles. The van der Waals surface area contributed by atoms with Gasteiger partial charge in [-0.1, -0.05) is 25.1 Å². The van der Waals surface area contributed by atoms with E-state index in [9.17, 15) is 0 Å². The molecule has 0 amide bonds. The zero-order valence-corrected chi connectivity index (χ0v) is 16.3. The van der Waals surface area contributed by atoms with Gasteiger partial charge in [-0.05, 0) is 54.8 Å². The van der Waals surface area contributed by atoms with Gasteiger partial charge in [0.25, 0.3) is 0 Å². The largest absolute Gasteiger partial charge is 0.493 e. The number of methoxy groups -OCH3 is 2. The lowest BCUT2D eigenvalue weighted by molar-refractivity contribution is 0.353. The first-order valence-electron chi connectivity index (χ1n) is 9.20. The molecule has 1 aliphatic rings. The van der Waals surface area contributed by atoms with Crippen molar-refractivity contribution in [2.24, 2.45) is 5.10 Å². The van der Waals surface area contributed by atoms with Crippen molar-refractivity contribution in [2.75, 3.05) is 20.0 Å². The predicted octanol–water partition coefficient (Wildman–Crippen LogP) is 4.19. The molecule has 142 valence electrons. The molecule has 2 unspecified atom stereocenters. The second kappa shape index (κ2) is 8.16. The zero-order chi connectivity index (χ0) is 19.4. The molecule has 27 heavy (non-hydrogen) atoms. The molecule has 3 rings (SSSR count). The fraction of sp³-hybridized carbons (Fsp3) is 0.318. The lowest BCUT2D eigenvalue weighted by Gasteiger charge is -2.23. The summed E-state index contributed by atoms with van der Waals surface area (Å²) in [5.41, 5.74) is 14.0. The smallest absolute Gasteiger partial charge is 0.161 e. The molecule has 2 atom stereocenters. The van der Waals surface area contributed by atoms with Crippen molar-refractivity contribution in [1.29, 1.82) is 0 Å². The third-order valence-corrected chi connectivity index (χ3v) is 5.03. The van der Waals surface area contributed by atoms with Crippen LogP contribution in [0.15, 0.2) is 47.6 Å². The third-order valence-electron chi connectivity index (χ3n) is 5.03. The van der Waals surface area contributed by atoms with Crippen LogP contribution in [-0.4, -0.2) is 26.0 Å². The Hall–Kier alpha value is -2.95. The van der Waals surface area contributed by atoms with Crippen molar-refractivity contribution < 1.29 is 9.47 Å². The summed E-state index contributed by atoms with van der Waals surface area (Å²) in [4.78, 5) is 0. The van der Waals surface area contributed by atoms with Crippen LogP contribution in [-0.2, 0) is 0 Å². The van der Waals surface area contributed by atoms with Crippen LogP contribution in [0, 0.1) is 0 Å². The molecular weight excluding hydrogens is 338 g/mol. The summed E-state index contributed by atoms with van der Waals surface area (Å²) in [6.07, 6.45) is 5.06. The van der Waals surface area contributed by atoms with E-state index in [0.717, 1.165) is 34.7 Å². The number of nitrogens with two attached hydrogens (primary N) is 1. The molecule has 5 heteroatoms. The SMILES string of the molecule is CCC1c2cc(OC)c(OC)cc2C(C=Cc2ccc(N)cc2)=NNC1C. The second-order valence-electron chi connectivity index (χ2n) is 6.72. The average molecular weight is 365 g/mol. The Bertz CT molecular complexity index is 857. The number of rotatable bonds is 5. The summed E-state index contributed by atoms with van der Waals surface area (Å²) in [6.45, 7) is 4.35. The van der Waals surface area contributed by atoms with Crippen LogP contribution in [0.1, 0.15) is 42.9 Å². The lowest BCUT2D eigenvalue weighted by Crippen LogP contribution is -2.26. The van der Waals surface area contributed by atoms with Crippen LogP contribution in [0.5, 0.6) is 11.5 Å². The van der Waals surface area contributed by atoms with Crippen molar-refractivity contribution in [2.45, 2.75) is 32.2 Å². The number of hydrogen-bond acceptors (Lipinski definition) is 5. The summed E-state index contributed by atoms with van der Waals surface area (Å²) < 4.78 is 11.1. The van der Waals surface area contributed by atoms with Crippen molar-refractivity contribution in [3.05, 3.63) is 59.2 Å². The Morgan fingerprint density at radius 3 is 2.37 bits per heavy atom. The van der Waals surface area contributed by atoms with Gasteiger partial charge in [-0.2, -0.15) is 5.10 Å². The van der Waals surface area contributed by atoms with E-state index in [-0.39, 0.29) is 6.04 Å². The zero-order valence-electron chi connectivity index (χ0n) is 16.3. The standard InChI is InChI=1S/C22H27N3O2/c1-5-17-14(2)24-25-20(11-8-15-6-9-16(23)10-7-15)19-13-22(27-4)21(26-3)12-18(17)19/h6-14,17,24H,5,23H2,1-4H3. The molecule has 2 aromatic rings. The quantitative estimate of drug-likeness (QED) is 0.780. The summed E-state index contributed by atoms with van der Waals surface area (Å²) >= 11 is 0. The van der Waals surface area contributed by atoms with Gasteiger partial charge >= 0.3 is 0 Å². The minimum atomic E-state index is 0.217. The number of ether oxygens (including phenoxy) is 2. The number of nitrogens with zero attached hydrogens (tertiary/aromatic N) is 1. The van der Waals surface area contributed by atoms with E-state index < -0.39 is 0 Å². The maximum atomic E-state index is 5.77. The molecule has 3 N–H and O–H groups in total. The molecule has 0 saturated heterocycles. The summed E-state index contributed by atoms with van der Waals surface area (Å²) in [5, 5.41) is 4.67. The molecule has 1 aliphatic heterocycles. The van der Waals surface area contributed by atoms with Gasteiger partial charge in [0, 0.05) is 23.2 Å². The van der Waals surface area contributed by atoms with E-state index in [1.54, 1.807) is 14.2 Å². The molecule has 0 saturated carbocycles. The fourth-order valence-corrected chi connectivity index (χ4v) is 3.50. The van der Waals surface area contributed by atoms with Gasteiger partial charge < -0.3 is 20.6 Å². The number of nitrogens with one attached hydrogen (secondary N) is 1. The van der Waals surface area contributed by atoms with Gasteiger partial charge in [0.05, 0.1) is 19.9 Å². The first-order valence-corrected chi connectivity index (χ1v) is 9.20. The Kier molecular flexibility index (Phi) is 5.69. The van der Waals surface area contributed by atoms with E-state index in [1.807, 2.05) is 42.5 Å². The molecule has 0 radical (unpaired) electrons. The minimum absolute atomic E-state index is 0.217. The van der Waals surface area contributed by atoms with Crippen LogP contribution < -0.4 is 20.6 Å². The number of benzene rings is 2. The molecule has 2 aromatic carbocycles. The molecule has 0 aromatic heterocycles. The first kappa shape index (κ1) is 18.8.